The topological polar surface area (TPSA) is 75.4 Å². The number of nitrogens with zero attached hydrogens (tertiary/aromatic N) is 2. The minimum atomic E-state index is -0.410. The van der Waals surface area contributed by atoms with E-state index in [1.807, 2.05) is 25.1 Å². The van der Waals surface area contributed by atoms with E-state index in [4.69, 9.17) is 4.52 Å². The molecule has 0 bridgehead atoms. The third-order valence-electron chi connectivity index (χ3n) is 3.77. The molecule has 1 unspecified atom stereocenters. The molecule has 6 nitrogen and oxygen atoms in total. The number of halogens is 1. The van der Waals surface area contributed by atoms with Gasteiger partial charge >= 0.3 is 0 Å². The highest BCUT2D eigenvalue weighted by molar-refractivity contribution is 9.10. The van der Waals surface area contributed by atoms with Gasteiger partial charge in [0.15, 0.2) is 5.82 Å². The van der Waals surface area contributed by atoms with Gasteiger partial charge in [0, 0.05) is 23.5 Å². The van der Waals surface area contributed by atoms with Gasteiger partial charge in [-0.3, -0.25) is 9.59 Å². The van der Waals surface area contributed by atoms with Crippen LogP contribution in [0.5, 0.6) is 0 Å². The van der Waals surface area contributed by atoms with E-state index in [1.54, 1.807) is 17.9 Å². The molecule has 1 aromatic carbocycles. The second kappa shape index (κ2) is 6.16. The molecule has 1 fully saturated rings. The van der Waals surface area contributed by atoms with Gasteiger partial charge in [-0.05, 0) is 47.5 Å². The van der Waals surface area contributed by atoms with Crippen LogP contribution in [0.3, 0.4) is 0 Å². The fraction of sp³-hybridized carbons (Fsp3) is 0.312. The fourth-order valence-electron chi connectivity index (χ4n) is 2.60. The van der Waals surface area contributed by atoms with Crippen molar-refractivity contribution in [2.24, 2.45) is 5.92 Å². The maximum atomic E-state index is 12.3. The second-order valence-electron chi connectivity index (χ2n) is 5.67. The quantitative estimate of drug-likeness (QED) is 0.891. The Morgan fingerprint density at radius 1 is 1.39 bits per heavy atom. The number of carbonyl (C=O) groups excluding carboxylic acids is 2. The van der Waals surface area contributed by atoms with Crippen molar-refractivity contribution in [1.82, 2.24) is 5.16 Å². The molecule has 23 heavy (non-hydrogen) atoms. The van der Waals surface area contributed by atoms with Gasteiger partial charge in [0.25, 0.3) is 0 Å². The molecule has 1 aliphatic rings. The van der Waals surface area contributed by atoms with Crippen LogP contribution < -0.4 is 10.2 Å². The third kappa shape index (κ3) is 3.29. The average Bonchev–Trinajstić information content (AvgIpc) is 3.05. The van der Waals surface area contributed by atoms with Gasteiger partial charge in [-0.25, -0.2) is 0 Å². The standard InChI is InChI=1S/C16H16BrN3O3/c1-9-3-4-13(12(17)5-9)20-8-11(7-15(20)21)16(22)18-14-6-10(2)23-19-14/h3-6,11H,7-8H2,1-2H3,(H,18,19,22). The number of amides is 2. The highest BCUT2D eigenvalue weighted by atomic mass is 79.9. The van der Waals surface area contributed by atoms with Crippen LogP contribution in [0.15, 0.2) is 33.3 Å². The van der Waals surface area contributed by atoms with E-state index in [1.165, 1.54) is 0 Å². The van der Waals surface area contributed by atoms with Gasteiger partial charge in [-0.1, -0.05) is 11.2 Å². The molecule has 2 amide bonds. The lowest BCUT2D eigenvalue weighted by molar-refractivity contribution is -0.122. The molecule has 2 aromatic rings. The SMILES string of the molecule is Cc1ccc(N2CC(C(=O)Nc3cc(C)on3)CC2=O)c(Br)c1. The summed E-state index contributed by atoms with van der Waals surface area (Å²) in [5.74, 6) is 0.291. The molecule has 1 saturated heterocycles. The monoisotopic (exact) mass is 377 g/mol. The maximum Gasteiger partial charge on any atom is 0.231 e. The maximum absolute atomic E-state index is 12.3. The molecule has 1 aromatic heterocycles. The van der Waals surface area contributed by atoms with Crippen LogP contribution in [-0.4, -0.2) is 23.5 Å². The predicted molar refractivity (Wildman–Crippen MR) is 89.2 cm³/mol. The fourth-order valence-corrected chi connectivity index (χ4v) is 3.31. The number of nitrogens with one attached hydrogen (secondary N) is 1. The molecule has 1 aliphatic heterocycles. The Labute approximate surface area is 142 Å². The largest absolute Gasteiger partial charge is 0.360 e. The molecule has 0 spiro atoms. The first-order chi connectivity index (χ1) is 10.9. The Bertz CT molecular complexity index is 772. The minimum absolute atomic E-state index is 0.0639. The first-order valence-corrected chi connectivity index (χ1v) is 8.04. The average molecular weight is 378 g/mol. The summed E-state index contributed by atoms with van der Waals surface area (Å²) in [6, 6.07) is 7.43. The number of carbonyl (C=O) groups is 2. The molecule has 1 atom stereocenters. The number of anilines is 2. The van der Waals surface area contributed by atoms with Crippen molar-refractivity contribution < 1.29 is 14.1 Å². The van der Waals surface area contributed by atoms with Gasteiger partial charge in [-0.15, -0.1) is 0 Å². The summed E-state index contributed by atoms with van der Waals surface area (Å²) in [5.41, 5.74) is 1.89. The Balaban J connectivity index is 1.73. The summed E-state index contributed by atoms with van der Waals surface area (Å²) in [6.07, 6.45) is 0.184. The van der Waals surface area contributed by atoms with Crippen LogP contribution >= 0.6 is 15.9 Å². The summed E-state index contributed by atoms with van der Waals surface area (Å²) < 4.78 is 5.76. The lowest BCUT2D eigenvalue weighted by Gasteiger charge is -2.18. The number of benzene rings is 1. The van der Waals surface area contributed by atoms with Gasteiger partial charge in [0.2, 0.25) is 11.8 Å². The van der Waals surface area contributed by atoms with Crippen molar-refractivity contribution in [3.63, 3.8) is 0 Å². The van der Waals surface area contributed by atoms with E-state index in [0.717, 1.165) is 15.7 Å². The highest BCUT2D eigenvalue weighted by Crippen LogP contribution is 2.32. The van der Waals surface area contributed by atoms with Gasteiger partial charge < -0.3 is 14.7 Å². The Morgan fingerprint density at radius 2 is 2.17 bits per heavy atom. The first-order valence-electron chi connectivity index (χ1n) is 7.25. The van der Waals surface area contributed by atoms with Crippen molar-refractivity contribution in [3.8, 4) is 0 Å². The second-order valence-corrected chi connectivity index (χ2v) is 6.53. The number of hydrogen-bond acceptors (Lipinski definition) is 4. The Morgan fingerprint density at radius 3 is 2.83 bits per heavy atom. The van der Waals surface area contributed by atoms with Crippen LogP contribution in [-0.2, 0) is 9.59 Å². The van der Waals surface area contributed by atoms with E-state index in [0.29, 0.717) is 18.1 Å². The molecule has 2 heterocycles. The van der Waals surface area contributed by atoms with E-state index >= 15 is 0 Å². The van der Waals surface area contributed by atoms with Crippen molar-refractivity contribution in [3.05, 3.63) is 40.1 Å². The number of hydrogen-bond donors (Lipinski definition) is 1. The van der Waals surface area contributed by atoms with Crippen molar-refractivity contribution >= 4 is 39.2 Å². The minimum Gasteiger partial charge on any atom is -0.360 e. The van der Waals surface area contributed by atoms with E-state index in [-0.39, 0.29) is 18.2 Å². The van der Waals surface area contributed by atoms with Crippen LogP contribution in [0.1, 0.15) is 17.7 Å². The van der Waals surface area contributed by atoms with Crippen molar-refractivity contribution in [1.29, 1.82) is 0 Å². The molecule has 1 N–H and O–H groups in total. The smallest absolute Gasteiger partial charge is 0.231 e. The van der Waals surface area contributed by atoms with Crippen LogP contribution in [0.4, 0.5) is 11.5 Å². The predicted octanol–water partition coefficient (Wildman–Crippen LogP) is 3.05. The van der Waals surface area contributed by atoms with E-state index in [2.05, 4.69) is 26.4 Å². The molecule has 0 radical (unpaired) electrons. The molecule has 120 valence electrons. The van der Waals surface area contributed by atoms with Crippen LogP contribution in [0, 0.1) is 19.8 Å². The van der Waals surface area contributed by atoms with Crippen LogP contribution in [0.2, 0.25) is 0 Å². The molecular weight excluding hydrogens is 362 g/mol. The first kappa shape index (κ1) is 15.7. The zero-order valence-corrected chi connectivity index (χ0v) is 14.4. The Kier molecular flexibility index (Phi) is 4.21. The molecule has 0 aliphatic carbocycles. The normalized spacial score (nSPS) is 17.6. The molecular formula is C16H16BrN3O3. The number of rotatable bonds is 3. The molecule has 3 rings (SSSR count). The third-order valence-corrected chi connectivity index (χ3v) is 4.40. The summed E-state index contributed by atoms with van der Waals surface area (Å²) in [6.45, 7) is 4.08. The lowest BCUT2D eigenvalue weighted by Crippen LogP contribution is -2.28. The summed E-state index contributed by atoms with van der Waals surface area (Å²) >= 11 is 3.48. The number of aryl methyl sites for hydroxylation is 2. The molecule has 0 saturated carbocycles. The highest BCUT2D eigenvalue weighted by Gasteiger charge is 2.36. The van der Waals surface area contributed by atoms with Gasteiger partial charge in [0.05, 0.1) is 11.6 Å². The van der Waals surface area contributed by atoms with Crippen molar-refractivity contribution in [2.45, 2.75) is 20.3 Å². The zero-order valence-electron chi connectivity index (χ0n) is 12.8. The van der Waals surface area contributed by atoms with Crippen LogP contribution in [0.25, 0.3) is 0 Å². The Hall–Kier alpha value is -2.15. The molecule has 7 heteroatoms. The van der Waals surface area contributed by atoms with Gasteiger partial charge in [0.1, 0.15) is 5.76 Å². The summed E-state index contributed by atoms with van der Waals surface area (Å²) in [4.78, 5) is 26.2. The summed E-state index contributed by atoms with van der Waals surface area (Å²) in [5, 5.41) is 6.42. The summed E-state index contributed by atoms with van der Waals surface area (Å²) in [7, 11) is 0. The van der Waals surface area contributed by atoms with Crippen molar-refractivity contribution in [2.75, 3.05) is 16.8 Å². The van der Waals surface area contributed by atoms with E-state index < -0.39 is 5.92 Å². The number of aromatic nitrogens is 1. The van der Waals surface area contributed by atoms with E-state index in [9.17, 15) is 9.59 Å². The van der Waals surface area contributed by atoms with Gasteiger partial charge in [-0.2, -0.15) is 0 Å². The zero-order chi connectivity index (χ0) is 16.6. The lowest BCUT2D eigenvalue weighted by atomic mass is 10.1.